The molecule has 2 rings (SSSR count). The van der Waals surface area contributed by atoms with Gasteiger partial charge in [-0.2, -0.15) is 0 Å². The van der Waals surface area contributed by atoms with E-state index in [0.717, 1.165) is 36.8 Å². The predicted octanol–water partition coefficient (Wildman–Crippen LogP) is 5.17. The maximum Gasteiger partial charge on any atom is 0.342 e. The van der Waals surface area contributed by atoms with Gasteiger partial charge in [0, 0.05) is 5.56 Å². The average molecular weight is 358 g/mol. The predicted molar refractivity (Wildman–Crippen MR) is 99.3 cm³/mol. The molecule has 2 aromatic rings. The second-order valence-electron chi connectivity index (χ2n) is 6.20. The van der Waals surface area contributed by atoms with Crippen LogP contribution in [0.5, 0.6) is 0 Å². The first kappa shape index (κ1) is 19.8. The van der Waals surface area contributed by atoms with E-state index in [-0.39, 0.29) is 11.1 Å². The summed E-state index contributed by atoms with van der Waals surface area (Å²) in [6, 6.07) is 7.55. The smallest absolute Gasteiger partial charge is 0.342 e. The first-order valence-electron chi connectivity index (χ1n) is 9.11. The molecule has 140 valence electrons. The Morgan fingerprint density at radius 2 is 1.65 bits per heavy atom. The third-order valence-electron chi connectivity index (χ3n) is 3.96. The van der Waals surface area contributed by atoms with Gasteiger partial charge in [0.25, 0.3) is 0 Å². The minimum Gasteiger partial charge on any atom is -0.462 e. The molecule has 26 heavy (non-hydrogen) atoms. The number of hydrogen-bond donors (Lipinski definition) is 0. The van der Waals surface area contributed by atoms with Gasteiger partial charge in [-0.1, -0.05) is 50.5 Å². The van der Waals surface area contributed by atoms with E-state index in [1.54, 1.807) is 0 Å². The summed E-state index contributed by atoms with van der Waals surface area (Å²) < 4.78 is 16.2. The summed E-state index contributed by atoms with van der Waals surface area (Å²) in [6.45, 7) is 6.59. The van der Waals surface area contributed by atoms with Gasteiger partial charge in [-0.25, -0.2) is 9.59 Å². The number of ether oxygens (including phenoxy) is 2. The zero-order valence-electron chi connectivity index (χ0n) is 15.7. The highest BCUT2D eigenvalue weighted by Gasteiger charge is 2.28. The first-order chi connectivity index (χ1) is 12.6. The van der Waals surface area contributed by atoms with Gasteiger partial charge in [-0.05, 0) is 25.8 Å². The topological polar surface area (TPSA) is 65.7 Å². The van der Waals surface area contributed by atoms with E-state index in [1.165, 1.54) is 6.26 Å². The van der Waals surface area contributed by atoms with E-state index in [2.05, 4.69) is 0 Å². The largest absolute Gasteiger partial charge is 0.462 e. The second kappa shape index (κ2) is 9.80. The summed E-state index contributed by atoms with van der Waals surface area (Å²) in [6.07, 6.45) is 4.64. The summed E-state index contributed by atoms with van der Waals surface area (Å²) in [5, 5.41) is 0. The molecule has 5 nitrogen and oxygen atoms in total. The number of hydrogen-bond acceptors (Lipinski definition) is 5. The summed E-state index contributed by atoms with van der Waals surface area (Å²) in [5.41, 5.74) is 1.99. The Morgan fingerprint density at radius 1 is 1.00 bits per heavy atom. The Balaban J connectivity index is 2.35. The summed E-state index contributed by atoms with van der Waals surface area (Å²) in [4.78, 5) is 25.0. The van der Waals surface area contributed by atoms with Crippen molar-refractivity contribution in [3.63, 3.8) is 0 Å². The van der Waals surface area contributed by atoms with Gasteiger partial charge >= 0.3 is 11.9 Å². The molecular formula is C21H26O5. The normalized spacial score (nSPS) is 10.6. The van der Waals surface area contributed by atoms with Crippen molar-refractivity contribution in [2.45, 2.75) is 46.5 Å². The molecule has 0 saturated carbocycles. The number of rotatable bonds is 9. The molecule has 1 aromatic heterocycles. The van der Waals surface area contributed by atoms with Crippen molar-refractivity contribution in [2.24, 2.45) is 0 Å². The Labute approximate surface area is 154 Å². The van der Waals surface area contributed by atoms with E-state index in [1.807, 2.05) is 45.0 Å². The van der Waals surface area contributed by atoms with Crippen LogP contribution in [-0.2, 0) is 9.47 Å². The van der Waals surface area contributed by atoms with Gasteiger partial charge in [-0.3, -0.25) is 0 Å². The monoisotopic (exact) mass is 358 g/mol. The van der Waals surface area contributed by atoms with Crippen LogP contribution in [0, 0.1) is 6.92 Å². The summed E-state index contributed by atoms with van der Waals surface area (Å²) in [5.74, 6) is -0.799. The van der Waals surface area contributed by atoms with E-state index < -0.39 is 11.9 Å². The van der Waals surface area contributed by atoms with Crippen LogP contribution in [0.4, 0.5) is 0 Å². The molecule has 1 aromatic carbocycles. The SMILES string of the molecule is CCCCOC(=O)c1coc(-c2cccc(C)c2)c1C(=O)OCCCC. The molecule has 0 bridgehead atoms. The lowest BCUT2D eigenvalue weighted by Crippen LogP contribution is -2.14. The molecule has 0 atom stereocenters. The lowest BCUT2D eigenvalue weighted by Gasteiger charge is -2.08. The fourth-order valence-electron chi connectivity index (χ4n) is 2.48. The van der Waals surface area contributed by atoms with Gasteiger partial charge < -0.3 is 13.9 Å². The lowest BCUT2D eigenvalue weighted by molar-refractivity contribution is 0.0454. The molecule has 0 unspecified atom stereocenters. The molecule has 0 radical (unpaired) electrons. The Morgan fingerprint density at radius 3 is 2.27 bits per heavy atom. The molecular weight excluding hydrogens is 332 g/mol. The third-order valence-corrected chi connectivity index (χ3v) is 3.96. The van der Waals surface area contributed by atoms with Crippen LogP contribution in [0.15, 0.2) is 34.9 Å². The number of carbonyl (C=O) groups is 2. The standard InChI is InChI=1S/C21H26O5/c1-4-6-11-24-20(22)17-14-26-19(16-10-8-9-15(3)13-16)18(17)21(23)25-12-7-5-2/h8-10,13-14H,4-7,11-12H2,1-3H3. The average Bonchev–Trinajstić information content (AvgIpc) is 3.07. The molecule has 0 aliphatic heterocycles. The van der Waals surface area contributed by atoms with Crippen LogP contribution in [-0.4, -0.2) is 25.2 Å². The number of esters is 2. The Hall–Kier alpha value is -2.56. The van der Waals surface area contributed by atoms with Gasteiger partial charge in [-0.15, -0.1) is 0 Å². The minimum absolute atomic E-state index is 0.110. The third kappa shape index (κ3) is 4.97. The quantitative estimate of drug-likeness (QED) is 0.457. The van der Waals surface area contributed by atoms with Crippen LogP contribution in [0.25, 0.3) is 11.3 Å². The van der Waals surface area contributed by atoms with E-state index in [9.17, 15) is 9.59 Å². The molecule has 0 fully saturated rings. The van der Waals surface area contributed by atoms with Crippen molar-refractivity contribution in [2.75, 3.05) is 13.2 Å². The van der Waals surface area contributed by atoms with Gasteiger partial charge in [0.2, 0.25) is 0 Å². The highest BCUT2D eigenvalue weighted by molar-refractivity contribution is 6.07. The molecule has 0 amide bonds. The van der Waals surface area contributed by atoms with Crippen molar-refractivity contribution in [3.05, 3.63) is 47.2 Å². The van der Waals surface area contributed by atoms with E-state index >= 15 is 0 Å². The first-order valence-corrected chi connectivity index (χ1v) is 9.11. The maximum absolute atomic E-state index is 12.6. The Kier molecular flexibility index (Phi) is 7.45. The van der Waals surface area contributed by atoms with E-state index in [4.69, 9.17) is 13.9 Å². The summed E-state index contributed by atoms with van der Waals surface area (Å²) >= 11 is 0. The summed E-state index contributed by atoms with van der Waals surface area (Å²) in [7, 11) is 0. The van der Waals surface area contributed by atoms with Crippen LogP contribution in [0.1, 0.15) is 65.8 Å². The fraction of sp³-hybridized carbons (Fsp3) is 0.429. The van der Waals surface area contributed by atoms with Crippen molar-refractivity contribution in [1.29, 1.82) is 0 Å². The molecule has 0 aliphatic rings. The number of furan rings is 1. The minimum atomic E-state index is -0.566. The van der Waals surface area contributed by atoms with Gasteiger partial charge in [0.1, 0.15) is 23.2 Å². The number of benzene rings is 1. The molecule has 1 heterocycles. The van der Waals surface area contributed by atoms with Crippen molar-refractivity contribution in [3.8, 4) is 11.3 Å². The molecule has 0 N–H and O–H groups in total. The van der Waals surface area contributed by atoms with Crippen molar-refractivity contribution < 1.29 is 23.5 Å². The van der Waals surface area contributed by atoms with Crippen LogP contribution < -0.4 is 0 Å². The zero-order valence-corrected chi connectivity index (χ0v) is 15.7. The maximum atomic E-state index is 12.6. The Bertz CT molecular complexity index is 745. The van der Waals surface area contributed by atoms with Crippen LogP contribution in [0.3, 0.4) is 0 Å². The molecule has 5 heteroatoms. The highest BCUT2D eigenvalue weighted by Crippen LogP contribution is 2.30. The van der Waals surface area contributed by atoms with Gasteiger partial charge in [0.05, 0.1) is 13.2 Å². The van der Waals surface area contributed by atoms with Gasteiger partial charge in [0.15, 0.2) is 0 Å². The molecule has 0 spiro atoms. The highest BCUT2D eigenvalue weighted by atomic mass is 16.5. The van der Waals surface area contributed by atoms with Crippen LogP contribution >= 0.6 is 0 Å². The zero-order chi connectivity index (χ0) is 18.9. The molecule has 0 aliphatic carbocycles. The fourth-order valence-corrected chi connectivity index (χ4v) is 2.48. The number of unbranched alkanes of at least 4 members (excludes halogenated alkanes) is 2. The number of carbonyl (C=O) groups excluding carboxylic acids is 2. The van der Waals surface area contributed by atoms with Crippen molar-refractivity contribution in [1.82, 2.24) is 0 Å². The van der Waals surface area contributed by atoms with E-state index in [0.29, 0.717) is 19.0 Å². The van der Waals surface area contributed by atoms with Crippen molar-refractivity contribution >= 4 is 11.9 Å². The molecule has 0 saturated heterocycles. The lowest BCUT2D eigenvalue weighted by atomic mass is 10.0. The second-order valence-corrected chi connectivity index (χ2v) is 6.20. The number of aryl methyl sites for hydroxylation is 1. The van der Waals surface area contributed by atoms with Crippen LogP contribution in [0.2, 0.25) is 0 Å².